The molecule has 0 unspecified atom stereocenters. The van der Waals surface area contributed by atoms with Crippen molar-refractivity contribution in [2.75, 3.05) is 11.8 Å². The minimum atomic E-state index is -4.02. The van der Waals surface area contributed by atoms with Gasteiger partial charge in [0.05, 0.1) is 31.8 Å². The monoisotopic (exact) mass is 470 g/mol. The molecule has 0 aliphatic carbocycles. The topological polar surface area (TPSA) is 110 Å². The molecule has 0 spiro atoms. The van der Waals surface area contributed by atoms with Crippen LogP contribution in [0.15, 0.2) is 75.2 Å². The Morgan fingerprint density at radius 1 is 0.963 bits per heavy atom. The number of sulfonamides is 2. The number of para-hydroxylation sites is 2. The van der Waals surface area contributed by atoms with Crippen LogP contribution in [0.3, 0.4) is 0 Å². The first-order valence-corrected chi connectivity index (χ1v) is 11.3. The van der Waals surface area contributed by atoms with Crippen molar-refractivity contribution in [3.63, 3.8) is 0 Å². The van der Waals surface area contributed by atoms with Gasteiger partial charge in [-0.2, -0.15) is 5.10 Å². The molecule has 0 atom stereocenters. The van der Waals surface area contributed by atoms with Crippen molar-refractivity contribution < 1.29 is 16.8 Å². The highest BCUT2D eigenvalue weighted by Crippen LogP contribution is 2.25. The molecule has 3 rings (SSSR count). The van der Waals surface area contributed by atoms with E-state index in [-0.39, 0.29) is 9.79 Å². The van der Waals surface area contributed by atoms with Crippen molar-refractivity contribution >= 4 is 41.7 Å². The Bertz CT molecular complexity index is 1190. The third-order valence-corrected chi connectivity index (χ3v) is 6.83. The van der Waals surface area contributed by atoms with E-state index < -0.39 is 20.0 Å². The van der Waals surface area contributed by atoms with Crippen LogP contribution in [0.1, 0.15) is 0 Å². The molecule has 1 aromatic heterocycles. The second-order valence-electron chi connectivity index (χ2n) is 5.41. The summed E-state index contributed by atoms with van der Waals surface area (Å²) in [4.78, 5) is -0.313. The van der Waals surface area contributed by atoms with Gasteiger partial charge in [0, 0.05) is 6.20 Å². The number of rotatable bonds is 6. The van der Waals surface area contributed by atoms with E-state index in [1.54, 1.807) is 36.7 Å². The van der Waals surface area contributed by atoms with Crippen LogP contribution in [0.5, 0.6) is 0 Å². The number of aromatic nitrogens is 2. The summed E-state index contributed by atoms with van der Waals surface area (Å²) in [6, 6.07) is 11.8. The first kappa shape index (κ1) is 19.5. The van der Waals surface area contributed by atoms with Crippen LogP contribution < -0.4 is 9.44 Å². The smallest absolute Gasteiger partial charge is 0.262 e. The van der Waals surface area contributed by atoms with E-state index >= 15 is 0 Å². The molecule has 2 aromatic carbocycles. The first-order valence-electron chi connectivity index (χ1n) is 7.59. The van der Waals surface area contributed by atoms with Crippen LogP contribution in [-0.4, -0.2) is 33.7 Å². The Balaban J connectivity index is 2.01. The Morgan fingerprint density at radius 2 is 1.63 bits per heavy atom. The van der Waals surface area contributed by atoms with E-state index in [9.17, 15) is 16.8 Å². The highest BCUT2D eigenvalue weighted by Gasteiger charge is 2.20. The van der Waals surface area contributed by atoms with E-state index in [0.29, 0.717) is 11.4 Å². The number of anilines is 1. The van der Waals surface area contributed by atoms with Crippen molar-refractivity contribution in [2.24, 2.45) is 0 Å². The predicted molar refractivity (Wildman–Crippen MR) is 105 cm³/mol. The van der Waals surface area contributed by atoms with E-state index in [0.717, 1.165) is 10.5 Å². The van der Waals surface area contributed by atoms with E-state index in [2.05, 4.69) is 30.5 Å². The molecule has 0 aliphatic heterocycles. The standard InChI is InChI=1S/C16H15BrN4O4S2/c1-18-26(22,23)13-5-4-6-14(9-13)27(24,25)20-15-7-2-3-8-16(15)21-11-12(17)10-19-21/h2-11,18,20H,1H3. The molecule has 3 aromatic rings. The van der Waals surface area contributed by atoms with Gasteiger partial charge in [-0.15, -0.1) is 0 Å². The van der Waals surface area contributed by atoms with Gasteiger partial charge in [-0.1, -0.05) is 18.2 Å². The highest BCUT2D eigenvalue weighted by molar-refractivity contribution is 9.10. The lowest BCUT2D eigenvalue weighted by Gasteiger charge is -2.13. The summed E-state index contributed by atoms with van der Waals surface area (Å²) < 4.78 is 56.4. The zero-order chi connectivity index (χ0) is 19.7. The van der Waals surface area contributed by atoms with Crippen molar-refractivity contribution in [3.05, 3.63) is 65.4 Å². The van der Waals surface area contributed by atoms with Crippen molar-refractivity contribution in [1.82, 2.24) is 14.5 Å². The van der Waals surface area contributed by atoms with Crippen LogP contribution in [-0.2, 0) is 20.0 Å². The average molecular weight is 471 g/mol. The van der Waals surface area contributed by atoms with Gasteiger partial charge in [-0.3, -0.25) is 4.72 Å². The summed E-state index contributed by atoms with van der Waals surface area (Å²) in [7, 11) is -6.53. The fourth-order valence-corrected chi connectivity index (χ4v) is 4.58. The van der Waals surface area contributed by atoms with Crippen molar-refractivity contribution in [3.8, 4) is 5.69 Å². The van der Waals surface area contributed by atoms with Crippen LogP contribution in [0.2, 0.25) is 0 Å². The number of hydrogen-bond acceptors (Lipinski definition) is 5. The Labute approximate surface area is 165 Å². The zero-order valence-corrected chi connectivity index (χ0v) is 17.2. The normalized spacial score (nSPS) is 12.1. The number of benzene rings is 2. The SMILES string of the molecule is CNS(=O)(=O)c1cccc(S(=O)(=O)Nc2ccccc2-n2cc(Br)cn2)c1. The van der Waals surface area contributed by atoms with Gasteiger partial charge >= 0.3 is 0 Å². The zero-order valence-electron chi connectivity index (χ0n) is 14.0. The lowest BCUT2D eigenvalue weighted by atomic mass is 10.3. The molecular formula is C16H15BrN4O4S2. The molecule has 1 heterocycles. The minimum Gasteiger partial charge on any atom is -0.277 e. The van der Waals surface area contributed by atoms with Crippen molar-refractivity contribution in [1.29, 1.82) is 0 Å². The molecule has 8 nitrogen and oxygen atoms in total. The third-order valence-electron chi connectivity index (χ3n) is 3.64. The Kier molecular flexibility index (Phi) is 5.38. The predicted octanol–water partition coefficient (Wildman–Crippen LogP) is 2.34. The maximum absolute atomic E-state index is 12.8. The fraction of sp³-hybridized carbons (Fsp3) is 0.0625. The van der Waals surface area contributed by atoms with Crippen LogP contribution >= 0.6 is 15.9 Å². The molecular weight excluding hydrogens is 456 g/mol. The Morgan fingerprint density at radius 3 is 2.26 bits per heavy atom. The summed E-state index contributed by atoms with van der Waals surface area (Å²) in [6.07, 6.45) is 3.27. The summed E-state index contributed by atoms with van der Waals surface area (Å²) in [6.45, 7) is 0. The van der Waals surface area contributed by atoms with Gasteiger partial charge in [0.1, 0.15) is 0 Å². The second-order valence-corrected chi connectivity index (χ2v) is 9.89. The average Bonchev–Trinajstić information content (AvgIpc) is 3.08. The summed E-state index contributed by atoms with van der Waals surface area (Å²) in [5, 5.41) is 4.15. The maximum Gasteiger partial charge on any atom is 0.262 e. The maximum atomic E-state index is 12.8. The number of nitrogens with zero attached hydrogens (tertiary/aromatic N) is 2. The van der Waals surface area contributed by atoms with Crippen LogP contribution in [0.25, 0.3) is 5.69 Å². The molecule has 0 amide bonds. The molecule has 11 heteroatoms. The molecule has 0 fully saturated rings. The minimum absolute atomic E-state index is 0.142. The molecule has 0 saturated heterocycles. The van der Waals surface area contributed by atoms with Gasteiger partial charge < -0.3 is 0 Å². The molecule has 142 valence electrons. The van der Waals surface area contributed by atoms with Crippen LogP contribution in [0, 0.1) is 0 Å². The van der Waals surface area contributed by atoms with Gasteiger partial charge in [0.2, 0.25) is 10.0 Å². The second kappa shape index (κ2) is 7.43. The quantitative estimate of drug-likeness (QED) is 0.574. The number of halogens is 1. The van der Waals surface area contributed by atoms with Gasteiger partial charge in [0.25, 0.3) is 10.0 Å². The molecule has 27 heavy (non-hydrogen) atoms. The summed E-state index contributed by atoms with van der Waals surface area (Å²) in [5.74, 6) is 0. The lowest BCUT2D eigenvalue weighted by Crippen LogP contribution is -2.20. The summed E-state index contributed by atoms with van der Waals surface area (Å²) >= 11 is 3.30. The molecule has 0 saturated carbocycles. The van der Waals surface area contributed by atoms with E-state index in [1.165, 1.54) is 29.9 Å². The van der Waals surface area contributed by atoms with Gasteiger partial charge in [-0.05, 0) is 53.3 Å². The van der Waals surface area contributed by atoms with E-state index in [1.807, 2.05) is 0 Å². The molecule has 0 aliphatic rings. The third kappa shape index (κ3) is 4.21. The van der Waals surface area contributed by atoms with E-state index in [4.69, 9.17) is 0 Å². The fourth-order valence-electron chi connectivity index (χ4n) is 2.32. The summed E-state index contributed by atoms with van der Waals surface area (Å²) in [5.41, 5.74) is 0.820. The molecule has 2 N–H and O–H groups in total. The first-order chi connectivity index (χ1) is 12.7. The van der Waals surface area contributed by atoms with Crippen LogP contribution in [0.4, 0.5) is 5.69 Å². The van der Waals surface area contributed by atoms with Gasteiger partial charge in [0.15, 0.2) is 0 Å². The van der Waals surface area contributed by atoms with Crippen molar-refractivity contribution in [2.45, 2.75) is 9.79 Å². The lowest BCUT2D eigenvalue weighted by molar-refractivity contribution is 0.588. The van der Waals surface area contributed by atoms with Gasteiger partial charge in [-0.25, -0.2) is 26.2 Å². The number of nitrogens with one attached hydrogen (secondary N) is 2. The highest BCUT2D eigenvalue weighted by atomic mass is 79.9. The largest absolute Gasteiger partial charge is 0.277 e. The number of hydrogen-bond donors (Lipinski definition) is 2. The molecule has 0 radical (unpaired) electrons. The molecule has 0 bridgehead atoms. The Hall–Kier alpha value is -2.21.